The molecule has 0 aliphatic rings. The zero-order valence-corrected chi connectivity index (χ0v) is 10.7. The van der Waals surface area contributed by atoms with Crippen LogP contribution >= 0.6 is 15.9 Å². The number of hydrogen-bond acceptors (Lipinski definition) is 2. The van der Waals surface area contributed by atoms with E-state index in [0.29, 0.717) is 11.5 Å². The van der Waals surface area contributed by atoms with Gasteiger partial charge in [0.1, 0.15) is 11.6 Å². The van der Waals surface area contributed by atoms with Crippen molar-refractivity contribution in [2.45, 2.75) is 0 Å². The van der Waals surface area contributed by atoms with E-state index in [1.807, 2.05) is 0 Å². The third kappa shape index (κ3) is 3.53. The van der Waals surface area contributed by atoms with Crippen molar-refractivity contribution in [1.29, 1.82) is 0 Å². The van der Waals surface area contributed by atoms with E-state index >= 15 is 0 Å². The van der Waals surface area contributed by atoms with E-state index in [0.717, 1.165) is 4.47 Å². The summed E-state index contributed by atoms with van der Waals surface area (Å²) in [7, 11) is 0. The molecule has 18 heavy (non-hydrogen) atoms. The number of halogens is 2. The van der Waals surface area contributed by atoms with Crippen LogP contribution in [-0.2, 0) is 0 Å². The Kier molecular flexibility index (Phi) is 3.88. The van der Waals surface area contributed by atoms with Gasteiger partial charge in [0.05, 0.1) is 0 Å². The van der Waals surface area contributed by atoms with Gasteiger partial charge in [-0.3, -0.25) is 5.32 Å². The zero-order chi connectivity index (χ0) is 13.0. The van der Waals surface area contributed by atoms with Crippen LogP contribution in [0.5, 0.6) is 0 Å². The first kappa shape index (κ1) is 12.5. The summed E-state index contributed by atoms with van der Waals surface area (Å²) in [6, 6.07) is 8.48. The molecule has 0 atom stereocenters. The minimum atomic E-state index is -0.438. The summed E-state index contributed by atoms with van der Waals surface area (Å²) in [5, 5.41) is 5.13. The Morgan fingerprint density at radius 2 is 1.89 bits per heavy atom. The van der Waals surface area contributed by atoms with Gasteiger partial charge in [0.25, 0.3) is 0 Å². The lowest BCUT2D eigenvalue weighted by Gasteiger charge is -2.06. The first-order valence-corrected chi connectivity index (χ1v) is 5.88. The van der Waals surface area contributed by atoms with Gasteiger partial charge >= 0.3 is 6.03 Å². The maximum Gasteiger partial charge on any atom is 0.324 e. The monoisotopic (exact) mass is 309 g/mol. The Hall–Kier alpha value is -1.95. The quantitative estimate of drug-likeness (QED) is 0.890. The molecule has 2 rings (SSSR count). The molecule has 0 aliphatic heterocycles. The van der Waals surface area contributed by atoms with Crippen LogP contribution in [0.2, 0.25) is 0 Å². The SMILES string of the molecule is O=C(Nc1ccc(F)cc1)Nc1cc(Br)ccn1. The van der Waals surface area contributed by atoms with Crippen LogP contribution in [0.4, 0.5) is 20.7 Å². The van der Waals surface area contributed by atoms with Crippen LogP contribution in [-0.4, -0.2) is 11.0 Å². The van der Waals surface area contributed by atoms with Gasteiger partial charge < -0.3 is 5.32 Å². The predicted octanol–water partition coefficient (Wildman–Crippen LogP) is 3.63. The Balaban J connectivity index is 1.98. The fourth-order valence-electron chi connectivity index (χ4n) is 1.29. The number of amides is 2. The third-order valence-electron chi connectivity index (χ3n) is 2.07. The average molecular weight is 310 g/mol. The van der Waals surface area contributed by atoms with Gasteiger partial charge in [0.15, 0.2) is 0 Å². The number of carbonyl (C=O) groups excluding carboxylic acids is 1. The molecular weight excluding hydrogens is 301 g/mol. The number of benzene rings is 1. The van der Waals surface area contributed by atoms with E-state index in [1.54, 1.807) is 18.3 Å². The van der Waals surface area contributed by atoms with Gasteiger partial charge in [-0.05, 0) is 36.4 Å². The molecule has 0 radical (unpaired) electrons. The summed E-state index contributed by atoms with van der Waals surface area (Å²) >= 11 is 3.27. The molecule has 0 spiro atoms. The largest absolute Gasteiger partial charge is 0.324 e. The second kappa shape index (κ2) is 5.59. The van der Waals surface area contributed by atoms with Gasteiger partial charge in [0, 0.05) is 16.4 Å². The summed E-state index contributed by atoms with van der Waals surface area (Å²) in [6.45, 7) is 0. The second-order valence-corrected chi connectivity index (χ2v) is 4.36. The van der Waals surface area contributed by atoms with Crippen LogP contribution in [0, 0.1) is 5.82 Å². The number of anilines is 2. The Morgan fingerprint density at radius 1 is 1.17 bits per heavy atom. The summed E-state index contributed by atoms with van der Waals surface area (Å²) in [6.07, 6.45) is 1.57. The molecule has 2 N–H and O–H groups in total. The number of aromatic nitrogens is 1. The van der Waals surface area contributed by atoms with Crippen LogP contribution in [0.15, 0.2) is 47.1 Å². The van der Waals surface area contributed by atoms with Crippen LogP contribution < -0.4 is 10.6 Å². The van der Waals surface area contributed by atoms with Crippen molar-refractivity contribution in [2.75, 3.05) is 10.6 Å². The third-order valence-corrected chi connectivity index (χ3v) is 2.56. The van der Waals surface area contributed by atoms with Gasteiger partial charge in [-0.1, -0.05) is 15.9 Å². The normalized spacial score (nSPS) is 9.89. The maximum absolute atomic E-state index is 12.7. The van der Waals surface area contributed by atoms with Crippen LogP contribution in [0.3, 0.4) is 0 Å². The number of hydrogen-bond donors (Lipinski definition) is 2. The van der Waals surface area contributed by atoms with Crippen molar-refractivity contribution in [3.05, 3.63) is 52.9 Å². The van der Waals surface area contributed by atoms with Crippen molar-refractivity contribution in [3.63, 3.8) is 0 Å². The molecule has 0 saturated heterocycles. The Morgan fingerprint density at radius 3 is 2.56 bits per heavy atom. The fraction of sp³-hybridized carbons (Fsp3) is 0. The van der Waals surface area contributed by atoms with E-state index in [1.165, 1.54) is 24.3 Å². The van der Waals surface area contributed by atoms with Crippen molar-refractivity contribution in [3.8, 4) is 0 Å². The van der Waals surface area contributed by atoms with Crippen LogP contribution in [0.25, 0.3) is 0 Å². The highest BCUT2D eigenvalue weighted by Gasteiger charge is 2.03. The number of rotatable bonds is 2. The minimum absolute atomic E-state index is 0.352. The number of carbonyl (C=O) groups is 1. The lowest BCUT2D eigenvalue weighted by molar-refractivity contribution is 0.262. The molecule has 6 heteroatoms. The molecule has 0 unspecified atom stereocenters. The van der Waals surface area contributed by atoms with E-state index in [9.17, 15) is 9.18 Å². The molecule has 4 nitrogen and oxygen atoms in total. The number of urea groups is 1. The zero-order valence-electron chi connectivity index (χ0n) is 9.15. The topological polar surface area (TPSA) is 54.0 Å². The fourth-order valence-corrected chi connectivity index (χ4v) is 1.62. The minimum Gasteiger partial charge on any atom is -0.308 e. The first-order valence-electron chi connectivity index (χ1n) is 5.08. The van der Waals surface area contributed by atoms with Crippen molar-refractivity contribution >= 4 is 33.5 Å². The molecular formula is C12H9BrFN3O. The summed E-state index contributed by atoms with van der Waals surface area (Å²) < 4.78 is 13.5. The van der Waals surface area contributed by atoms with Crippen molar-refractivity contribution in [2.24, 2.45) is 0 Å². The van der Waals surface area contributed by atoms with Crippen molar-refractivity contribution < 1.29 is 9.18 Å². The first-order chi connectivity index (χ1) is 8.63. The Bertz CT molecular complexity index is 560. The van der Waals surface area contributed by atoms with Crippen LogP contribution in [0.1, 0.15) is 0 Å². The highest BCUT2D eigenvalue weighted by Crippen LogP contribution is 2.13. The average Bonchev–Trinajstić information content (AvgIpc) is 2.32. The molecule has 1 heterocycles. The second-order valence-electron chi connectivity index (χ2n) is 3.45. The highest BCUT2D eigenvalue weighted by atomic mass is 79.9. The maximum atomic E-state index is 12.7. The summed E-state index contributed by atoms with van der Waals surface area (Å²) in [5.74, 6) is 0.0681. The number of nitrogens with one attached hydrogen (secondary N) is 2. The summed E-state index contributed by atoms with van der Waals surface area (Å²) in [4.78, 5) is 15.6. The lowest BCUT2D eigenvalue weighted by Crippen LogP contribution is -2.19. The molecule has 2 aromatic rings. The van der Waals surface area contributed by atoms with Gasteiger partial charge in [-0.2, -0.15) is 0 Å². The molecule has 0 fully saturated rings. The molecule has 0 saturated carbocycles. The van der Waals surface area contributed by atoms with E-state index in [4.69, 9.17) is 0 Å². The van der Waals surface area contributed by atoms with E-state index < -0.39 is 6.03 Å². The lowest BCUT2D eigenvalue weighted by atomic mass is 10.3. The molecule has 0 aliphatic carbocycles. The standard InChI is InChI=1S/C12H9BrFN3O/c13-8-5-6-15-11(7-8)17-12(18)16-10-3-1-9(14)2-4-10/h1-7H,(H2,15,16,17,18). The van der Waals surface area contributed by atoms with Gasteiger partial charge in [0.2, 0.25) is 0 Å². The summed E-state index contributed by atoms with van der Waals surface area (Å²) in [5.41, 5.74) is 0.504. The van der Waals surface area contributed by atoms with Crippen molar-refractivity contribution in [1.82, 2.24) is 4.98 Å². The predicted molar refractivity (Wildman–Crippen MR) is 71.0 cm³/mol. The molecule has 1 aromatic carbocycles. The highest BCUT2D eigenvalue weighted by molar-refractivity contribution is 9.10. The molecule has 92 valence electrons. The molecule has 0 bridgehead atoms. The molecule has 1 aromatic heterocycles. The van der Waals surface area contributed by atoms with E-state index in [2.05, 4.69) is 31.5 Å². The van der Waals surface area contributed by atoms with Gasteiger partial charge in [-0.15, -0.1) is 0 Å². The van der Waals surface area contributed by atoms with Gasteiger partial charge in [-0.25, -0.2) is 14.2 Å². The van der Waals surface area contributed by atoms with E-state index in [-0.39, 0.29) is 5.82 Å². The molecule has 2 amide bonds. The number of pyridine rings is 1. The number of nitrogens with zero attached hydrogens (tertiary/aromatic N) is 1. The Labute approximate surface area is 111 Å². The smallest absolute Gasteiger partial charge is 0.308 e.